The third-order valence-corrected chi connectivity index (χ3v) is 5.13. The van der Waals surface area contributed by atoms with Crippen molar-refractivity contribution in [1.82, 2.24) is 10.6 Å². The first-order chi connectivity index (χ1) is 10.7. The minimum Gasteiger partial charge on any atom is -0.335 e. The van der Waals surface area contributed by atoms with Crippen LogP contribution in [-0.2, 0) is 19.4 Å². The predicted octanol–water partition coefficient (Wildman–Crippen LogP) is 2.49. The fourth-order valence-corrected chi connectivity index (χ4v) is 3.70. The quantitative estimate of drug-likeness (QED) is 0.800. The largest absolute Gasteiger partial charge is 0.335 e. The van der Waals surface area contributed by atoms with Crippen LogP contribution in [0.5, 0.6) is 0 Å². The summed E-state index contributed by atoms with van der Waals surface area (Å²) in [6.45, 7) is 1.38. The third-order valence-electron chi connectivity index (χ3n) is 5.13. The molecule has 4 N–H and O–H groups in total. The van der Waals surface area contributed by atoms with Gasteiger partial charge in [-0.3, -0.25) is 0 Å². The maximum absolute atomic E-state index is 12.0. The number of rotatable bonds is 4. The molecule has 0 spiro atoms. The number of nitrogens with two attached hydrogens (primary N) is 1. The number of nitrogens with one attached hydrogen (secondary N) is 2. The van der Waals surface area contributed by atoms with Gasteiger partial charge in [0, 0.05) is 12.6 Å². The van der Waals surface area contributed by atoms with Crippen LogP contribution in [0.3, 0.4) is 0 Å². The fraction of sp³-hybridized carbons (Fsp3) is 0.611. The maximum atomic E-state index is 12.0. The number of carbonyl (C=O) groups is 1. The Balaban J connectivity index is 1.43. The molecule has 1 aromatic carbocycles. The van der Waals surface area contributed by atoms with Crippen LogP contribution >= 0.6 is 0 Å². The van der Waals surface area contributed by atoms with E-state index in [1.165, 1.54) is 36.0 Å². The van der Waals surface area contributed by atoms with Crippen molar-refractivity contribution in [1.29, 1.82) is 0 Å². The molecule has 0 saturated heterocycles. The van der Waals surface area contributed by atoms with E-state index in [1.807, 2.05) is 0 Å². The van der Waals surface area contributed by atoms with Crippen molar-refractivity contribution < 1.29 is 4.79 Å². The summed E-state index contributed by atoms with van der Waals surface area (Å²) in [7, 11) is 0. The average molecular weight is 301 g/mol. The van der Waals surface area contributed by atoms with Crippen LogP contribution in [0, 0.1) is 5.92 Å². The Morgan fingerprint density at radius 1 is 1.14 bits per heavy atom. The maximum Gasteiger partial charge on any atom is 0.315 e. The molecule has 1 fully saturated rings. The first-order valence-electron chi connectivity index (χ1n) is 8.59. The molecule has 0 unspecified atom stereocenters. The number of aryl methyl sites for hydroxylation is 2. The average Bonchev–Trinajstić information content (AvgIpc) is 3.01. The van der Waals surface area contributed by atoms with E-state index in [4.69, 9.17) is 5.73 Å². The highest BCUT2D eigenvalue weighted by Gasteiger charge is 2.21. The zero-order valence-corrected chi connectivity index (χ0v) is 13.2. The summed E-state index contributed by atoms with van der Waals surface area (Å²) in [4.78, 5) is 12.0. The zero-order chi connectivity index (χ0) is 15.4. The highest BCUT2D eigenvalue weighted by atomic mass is 16.2. The van der Waals surface area contributed by atoms with Crippen LogP contribution < -0.4 is 16.4 Å². The number of amides is 2. The predicted molar refractivity (Wildman–Crippen MR) is 88.6 cm³/mol. The number of urea groups is 1. The Hall–Kier alpha value is -1.55. The molecule has 120 valence electrons. The molecule has 0 atom stereocenters. The molecule has 0 radical (unpaired) electrons. The van der Waals surface area contributed by atoms with Gasteiger partial charge in [0.25, 0.3) is 0 Å². The van der Waals surface area contributed by atoms with Crippen molar-refractivity contribution in [2.45, 2.75) is 57.5 Å². The molecule has 4 heteroatoms. The van der Waals surface area contributed by atoms with Gasteiger partial charge in [0.1, 0.15) is 0 Å². The molecule has 2 aliphatic rings. The molecule has 2 aliphatic carbocycles. The summed E-state index contributed by atoms with van der Waals surface area (Å²) in [6.07, 6.45) is 8.01. The first-order valence-corrected chi connectivity index (χ1v) is 8.59. The van der Waals surface area contributed by atoms with Gasteiger partial charge in [-0.15, -0.1) is 0 Å². The molecule has 1 aromatic rings. The molecule has 0 aliphatic heterocycles. The van der Waals surface area contributed by atoms with Gasteiger partial charge in [-0.2, -0.15) is 0 Å². The number of carbonyl (C=O) groups excluding carboxylic acids is 1. The molecule has 0 aromatic heterocycles. The highest BCUT2D eigenvalue weighted by Crippen LogP contribution is 2.24. The van der Waals surface area contributed by atoms with Gasteiger partial charge in [-0.25, -0.2) is 4.79 Å². The Kier molecular flexibility index (Phi) is 4.98. The van der Waals surface area contributed by atoms with Crippen molar-refractivity contribution in [3.63, 3.8) is 0 Å². The SMILES string of the molecule is NCC1CCC(NC(=O)NCc2ccc3c(c2)CCC3)CC1. The van der Waals surface area contributed by atoms with E-state index in [9.17, 15) is 4.79 Å². The normalized spacial score (nSPS) is 23.9. The second kappa shape index (κ2) is 7.14. The number of hydrogen-bond acceptors (Lipinski definition) is 2. The Bertz CT molecular complexity index is 521. The first kappa shape index (κ1) is 15.3. The van der Waals surface area contributed by atoms with Gasteiger partial charge < -0.3 is 16.4 Å². The van der Waals surface area contributed by atoms with Crippen molar-refractivity contribution in [2.24, 2.45) is 11.7 Å². The van der Waals surface area contributed by atoms with Gasteiger partial charge in [0.2, 0.25) is 0 Å². The summed E-state index contributed by atoms with van der Waals surface area (Å²) >= 11 is 0. The minimum atomic E-state index is -0.0447. The fourth-order valence-electron chi connectivity index (χ4n) is 3.70. The molecule has 2 amide bonds. The Labute approximate surface area is 132 Å². The van der Waals surface area contributed by atoms with Gasteiger partial charge in [-0.05, 0) is 74.1 Å². The molecule has 4 nitrogen and oxygen atoms in total. The van der Waals surface area contributed by atoms with E-state index in [-0.39, 0.29) is 6.03 Å². The van der Waals surface area contributed by atoms with Crippen LogP contribution in [0.2, 0.25) is 0 Å². The van der Waals surface area contributed by atoms with Crippen molar-refractivity contribution in [2.75, 3.05) is 6.54 Å². The number of hydrogen-bond donors (Lipinski definition) is 3. The summed E-state index contributed by atoms with van der Waals surface area (Å²) < 4.78 is 0. The summed E-state index contributed by atoms with van der Waals surface area (Å²) in [5.41, 5.74) is 9.83. The van der Waals surface area contributed by atoms with Gasteiger partial charge >= 0.3 is 6.03 Å². The van der Waals surface area contributed by atoms with E-state index in [2.05, 4.69) is 28.8 Å². The van der Waals surface area contributed by atoms with E-state index >= 15 is 0 Å². The number of benzene rings is 1. The standard InChI is InChI=1S/C18H27N3O/c19-11-13-5-8-17(9-6-13)21-18(22)20-12-14-4-7-15-2-1-3-16(15)10-14/h4,7,10,13,17H,1-3,5-6,8-9,11-12,19H2,(H2,20,21,22). The number of fused-ring (bicyclic) bond motifs is 1. The highest BCUT2D eigenvalue weighted by molar-refractivity contribution is 5.74. The second-order valence-corrected chi connectivity index (χ2v) is 6.74. The molecular weight excluding hydrogens is 274 g/mol. The molecular formula is C18H27N3O. The van der Waals surface area contributed by atoms with E-state index in [1.54, 1.807) is 0 Å². The van der Waals surface area contributed by atoms with Gasteiger partial charge in [0.15, 0.2) is 0 Å². The van der Waals surface area contributed by atoms with Crippen molar-refractivity contribution in [3.8, 4) is 0 Å². The monoisotopic (exact) mass is 301 g/mol. The molecule has 3 rings (SSSR count). The summed E-state index contributed by atoms with van der Waals surface area (Å²) in [6, 6.07) is 6.86. The third kappa shape index (κ3) is 3.80. The lowest BCUT2D eigenvalue weighted by Gasteiger charge is -2.28. The van der Waals surface area contributed by atoms with Crippen LogP contribution in [0.1, 0.15) is 48.8 Å². The summed E-state index contributed by atoms with van der Waals surface area (Å²) in [5, 5.41) is 6.08. The van der Waals surface area contributed by atoms with Crippen LogP contribution in [-0.4, -0.2) is 18.6 Å². The van der Waals surface area contributed by atoms with Crippen molar-refractivity contribution in [3.05, 3.63) is 34.9 Å². The Morgan fingerprint density at radius 2 is 1.91 bits per heavy atom. The lowest BCUT2D eigenvalue weighted by atomic mass is 9.86. The topological polar surface area (TPSA) is 67.1 Å². The van der Waals surface area contributed by atoms with Crippen molar-refractivity contribution >= 4 is 6.03 Å². The lowest BCUT2D eigenvalue weighted by molar-refractivity contribution is 0.227. The minimum absolute atomic E-state index is 0.0447. The molecule has 22 heavy (non-hydrogen) atoms. The van der Waals surface area contributed by atoms with E-state index in [0.29, 0.717) is 18.5 Å². The van der Waals surface area contributed by atoms with Crippen LogP contribution in [0.15, 0.2) is 18.2 Å². The molecule has 0 heterocycles. The van der Waals surface area contributed by atoms with E-state index in [0.717, 1.165) is 32.2 Å². The lowest BCUT2D eigenvalue weighted by Crippen LogP contribution is -2.43. The smallest absolute Gasteiger partial charge is 0.315 e. The second-order valence-electron chi connectivity index (χ2n) is 6.74. The summed E-state index contributed by atoms with van der Waals surface area (Å²) in [5.74, 6) is 0.646. The molecule has 0 bridgehead atoms. The Morgan fingerprint density at radius 3 is 2.68 bits per heavy atom. The van der Waals surface area contributed by atoms with E-state index < -0.39 is 0 Å². The van der Waals surface area contributed by atoms with Crippen LogP contribution in [0.25, 0.3) is 0 Å². The van der Waals surface area contributed by atoms with Gasteiger partial charge in [-0.1, -0.05) is 18.2 Å². The van der Waals surface area contributed by atoms with Crippen LogP contribution in [0.4, 0.5) is 4.79 Å². The molecule has 1 saturated carbocycles. The zero-order valence-electron chi connectivity index (χ0n) is 13.2. The van der Waals surface area contributed by atoms with Gasteiger partial charge in [0.05, 0.1) is 0 Å².